The summed E-state index contributed by atoms with van der Waals surface area (Å²) < 4.78 is 5.70. The molecule has 0 aliphatic rings. The molecule has 0 amide bonds. The highest BCUT2D eigenvalue weighted by molar-refractivity contribution is 8.13. The smallest absolute Gasteiger partial charge is 0.271 e. The number of non-ortho nitro benzene ring substituents is 1. The van der Waals surface area contributed by atoms with Crippen molar-refractivity contribution in [2.75, 3.05) is 6.26 Å². The number of amidine groups is 1. The summed E-state index contributed by atoms with van der Waals surface area (Å²) in [4.78, 5) is 14.5. The summed E-state index contributed by atoms with van der Waals surface area (Å²) in [6, 6.07) is 13.3. The first kappa shape index (κ1) is 14.9. The van der Waals surface area contributed by atoms with Gasteiger partial charge in [0, 0.05) is 12.1 Å². The second-order valence-corrected chi connectivity index (χ2v) is 4.80. The van der Waals surface area contributed by atoms with Gasteiger partial charge >= 0.3 is 0 Å². The molecule has 0 fully saturated rings. The number of thioether (sulfide) groups is 1. The Morgan fingerprint density at radius 3 is 2.62 bits per heavy atom. The van der Waals surface area contributed by atoms with Gasteiger partial charge in [0.1, 0.15) is 11.4 Å². The number of nitro benzene ring substituents is 1. The number of nitrogens with two attached hydrogens (primary N) is 1. The lowest BCUT2D eigenvalue weighted by molar-refractivity contribution is -0.384. The van der Waals surface area contributed by atoms with E-state index in [0.717, 1.165) is 0 Å². The van der Waals surface area contributed by atoms with Crippen molar-refractivity contribution in [2.24, 2.45) is 10.7 Å². The number of nitro groups is 1. The zero-order valence-corrected chi connectivity index (χ0v) is 12.0. The predicted molar refractivity (Wildman–Crippen MR) is 84.4 cm³/mol. The fourth-order valence-corrected chi connectivity index (χ4v) is 1.76. The second-order valence-electron chi connectivity index (χ2n) is 3.98. The van der Waals surface area contributed by atoms with E-state index in [2.05, 4.69) is 4.99 Å². The molecule has 7 heteroatoms. The summed E-state index contributed by atoms with van der Waals surface area (Å²) in [6.45, 7) is 0. The van der Waals surface area contributed by atoms with Crippen molar-refractivity contribution in [2.45, 2.75) is 0 Å². The predicted octanol–water partition coefficient (Wildman–Crippen LogP) is 3.70. The summed E-state index contributed by atoms with van der Waals surface area (Å²) in [6.07, 6.45) is 1.77. The Morgan fingerprint density at radius 2 is 2.00 bits per heavy atom. The summed E-state index contributed by atoms with van der Waals surface area (Å²) in [5.41, 5.74) is 5.93. The number of benzene rings is 2. The van der Waals surface area contributed by atoms with Gasteiger partial charge in [-0.15, -0.1) is 0 Å². The van der Waals surface area contributed by atoms with Crippen molar-refractivity contribution >= 4 is 28.3 Å². The SMILES string of the molecule is CSC(N)=Nc1cc([N+](=O)[O-])ccc1Oc1ccccc1. The highest BCUT2D eigenvalue weighted by Gasteiger charge is 2.12. The van der Waals surface area contributed by atoms with Crippen LogP contribution in [-0.4, -0.2) is 16.3 Å². The first-order valence-corrected chi connectivity index (χ1v) is 7.22. The number of rotatable bonds is 4. The van der Waals surface area contributed by atoms with Gasteiger partial charge in [-0.2, -0.15) is 0 Å². The third-order valence-corrected chi connectivity index (χ3v) is 3.07. The molecule has 0 saturated heterocycles. The standard InChI is InChI=1S/C14H13N3O3S/c1-21-14(15)16-12-9-10(17(18)19)7-8-13(12)20-11-5-3-2-4-6-11/h2-9H,1H3,(H2,15,16). The van der Waals surface area contributed by atoms with Crippen LogP contribution in [0.25, 0.3) is 0 Å². The topological polar surface area (TPSA) is 90.8 Å². The summed E-state index contributed by atoms with van der Waals surface area (Å²) in [5, 5.41) is 11.2. The average molecular weight is 303 g/mol. The lowest BCUT2D eigenvalue weighted by atomic mass is 10.2. The molecule has 0 bridgehead atoms. The Hall–Kier alpha value is -2.54. The molecule has 6 nitrogen and oxygen atoms in total. The number of ether oxygens (including phenoxy) is 1. The lowest BCUT2D eigenvalue weighted by Gasteiger charge is -2.08. The summed E-state index contributed by atoms with van der Waals surface area (Å²) in [7, 11) is 0. The molecule has 0 spiro atoms. The summed E-state index contributed by atoms with van der Waals surface area (Å²) >= 11 is 1.25. The van der Waals surface area contributed by atoms with Gasteiger partial charge in [0.2, 0.25) is 0 Å². The van der Waals surface area contributed by atoms with Crippen LogP contribution in [0.4, 0.5) is 11.4 Å². The van der Waals surface area contributed by atoms with Crippen molar-refractivity contribution in [3.8, 4) is 11.5 Å². The monoisotopic (exact) mass is 303 g/mol. The number of hydrogen-bond acceptors (Lipinski definition) is 5. The van der Waals surface area contributed by atoms with Gasteiger partial charge < -0.3 is 10.5 Å². The molecule has 0 saturated carbocycles. The molecule has 0 atom stereocenters. The van der Waals surface area contributed by atoms with Gasteiger partial charge in [0.05, 0.1) is 4.92 Å². The van der Waals surface area contributed by atoms with Crippen molar-refractivity contribution in [1.82, 2.24) is 0 Å². The van der Waals surface area contributed by atoms with Crippen LogP contribution in [0.5, 0.6) is 11.5 Å². The molecule has 2 N–H and O–H groups in total. The van der Waals surface area contributed by atoms with Crippen molar-refractivity contribution in [1.29, 1.82) is 0 Å². The van der Waals surface area contributed by atoms with Crippen LogP contribution in [0.15, 0.2) is 53.5 Å². The van der Waals surface area contributed by atoms with E-state index in [1.54, 1.807) is 18.4 Å². The molecule has 0 aromatic heterocycles. The number of aliphatic imine (C=N–C) groups is 1. The molecule has 2 aromatic rings. The van der Waals surface area contributed by atoms with E-state index in [-0.39, 0.29) is 5.69 Å². The third kappa shape index (κ3) is 3.96. The molecule has 2 rings (SSSR count). The molecular formula is C14H13N3O3S. The van der Waals surface area contributed by atoms with Gasteiger partial charge in [0.25, 0.3) is 5.69 Å². The zero-order chi connectivity index (χ0) is 15.2. The van der Waals surface area contributed by atoms with E-state index in [0.29, 0.717) is 22.4 Å². The molecule has 0 unspecified atom stereocenters. The Labute approximate surface area is 125 Å². The van der Waals surface area contributed by atoms with Crippen molar-refractivity contribution < 1.29 is 9.66 Å². The maximum Gasteiger partial charge on any atom is 0.271 e. The van der Waals surface area contributed by atoms with Crippen molar-refractivity contribution in [3.63, 3.8) is 0 Å². The highest BCUT2D eigenvalue weighted by Crippen LogP contribution is 2.35. The minimum atomic E-state index is -0.486. The van der Waals surface area contributed by atoms with E-state index < -0.39 is 4.92 Å². The Kier molecular flexibility index (Phi) is 4.78. The van der Waals surface area contributed by atoms with Gasteiger partial charge in [0.15, 0.2) is 10.9 Å². The van der Waals surface area contributed by atoms with Crippen LogP contribution in [0.2, 0.25) is 0 Å². The third-order valence-electron chi connectivity index (χ3n) is 2.56. The number of nitrogens with zero attached hydrogens (tertiary/aromatic N) is 2. The number of hydrogen-bond donors (Lipinski definition) is 1. The van der Waals surface area contributed by atoms with E-state index in [4.69, 9.17) is 10.5 Å². The first-order valence-electron chi connectivity index (χ1n) is 5.99. The van der Waals surface area contributed by atoms with E-state index in [9.17, 15) is 10.1 Å². The van der Waals surface area contributed by atoms with Crippen LogP contribution in [0.1, 0.15) is 0 Å². The number of para-hydroxylation sites is 1. The van der Waals surface area contributed by atoms with Crippen LogP contribution >= 0.6 is 11.8 Å². The minimum absolute atomic E-state index is 0.0666. The molecule has 21 heavy (non-hydrogen) atoms. The fourth-order valence-electron chi connectivity index (χ4n) is 1.57. The van der Waals surface area contributed by atoms with E-state index >= 15 is 0 Å². The Morgan fingerprint density at radius 1 is 1.29 bits per heavy atom. The quantitative estimate of drug-likeness (QED) is 0.402. The summed E-state index contributed by atoms with van der Waals surface area (Å²) in [5.74, 6) is 1.02. The molecule has 0 aliphatic heterocycles. The maximum atomic E-state index is 10.9. The first-order chi connectivity index (χ1) is 10.1. The van der Waals surface area contributed by atoms with Gasteiger partial charge in [-0.3, -0.25) is 10.1 Å². The van der Waals surface area contributed by atoms with Crippen molar-refractivity contribution in [3.05, 3.63) is 58.6 Å². The van der Waals surface area contributed by atoms with Crippen LogP contribution in [-0.2, 0) is 0 Å². The molecule has 0 aliphatic carbocycles. The normalized spacial score (nSPS) is 11.2. The highest BCUT2D eigenvalue weighted by atomic mass is 32.2. The van der Waals surface area contributed by atoms with Crippen LogP contribution < -0.4 is 10.5 Å². The van der Waals surface area contributed by atoms with Crippen LogP contribution in [0, 0.1) is 10.1 Å². The van der Waals surface area contributed by atoms with Crippen LogP contribution in [0.3, 0.4) is 0 Å². The van der Waals surface area contributed by atoms with E-state index in [1.165, 1.54) is 30.0 Å². The molecular weight excluding hydrogens is 290 g/mol. The average Bonchev–Trinajstić information content (AvgIpc) is 2.49. The molecule has 108 valence electrons. The largest absolute Gasteiger partial charge is 0.455 e. The molecule has 0 radical (unpaired) electrons. The maximum absolute atomic E-state index is 10.9. The zero-order valence-electron chi connectivity index (χ0n) is 11.2. The second kappa shape index (κ2) is 6.76. The van der Waals surface area contributed by atoms with E-state index in [1.807, 2.05) is 18.2 Å². The lowest BCUT2D eigenvalue weighted by Crippen LogP contribution is -2.04. The molecule has 0 heterocycles. The Bertz CT molecular complexity index is 674. The van der Waals surface area contributed by atoms with Gasteiger partial charge in [-0.25, -0.2) is 4.99 Å². The van der Waals surface area contributed by atoms with Gasteiger partial charge in [-0.1, -0.05) is 30.0 Å². The molecule has 2 aromatic carbocycles. The minimum Gasteiger partial charge on any atom is -0.455 e. The van der Waals surface area contributed by atoms with Gasteiger partial charge in [-0.05, 0) is 24.5 Å². The fraction of sp³-hybridized carbons (Fsp3) is 0.0714. The Balaban J connectivity index is 2.42.